The average molecular weight is 234 g/mol. The fourth-order valence-corrected chi connectivity index (χ4v) is 1.49. The molecule has 0 fully saturated rings. The number of aliphatic imine (C=N–C) groups is 1. The van der Waals surface area contributed by atoms with E-state index in [9.17, 15) is 9.59 Å². The van der Waals surface area contributed by atoms with Crippen molar-refractivity contribution in [2.75, 3.05) is 0 Å². The van der Waals surface area contributed by atoms with E-state index in [0.717, 1.165) is 0 Å². The summed E-state index contributed by atoms with van der Waals surface area (Å²) in [7, 11) is 0. The molecule has 2 N–H and O–H groups in total. The van der Waals surface area contributed by atoms with Gasteiger partial charge in [0.05, 0.1) is 5.56 Å². The number of hydrogen-bond donors (Lipinski definition) is 2. The number of amides is 1. The molecule has 0 spiro atoms. The molecule has 0 aromatic heterocycles. The number of thiocarbonyl (C=S) groups is 1. The molecule has 1 heterocycles. The number of rotatable bonds is 2. The van der Waals surface area contributed by atoms with E-state index in [1.165, 1.54) is 6.07 Å². The summed E-state index contributed by atoms with van der Waals surface area (Å²) in [5.74, 6) is -1.37. The van der Waals surface area contributed by atoms with E-state index in [1.54, 1.807) is 18.2 Å². The third kappa shape index (κ3) is 1.70. The predicted molar refractivity (Wildman–Crippen MR) is 60.7 cm³/mol. The lowest BCUT2D eigenvalue weighted by molar-refractivity contribution is -0.113. The Balaban J connectivity index is 2.50. The van der Waals surface area contributed by atoms with E-state index in [0.29, 0.717) is 5.56 Å². The first-order valence-corrected chi connectivity index (χ1v) is 4.77. The minimum absolute atomic E-state index is 0.0752. The quantitative estimate of drug-likeness (QED) is 0.734. The molecule has 6 heteroatoms. The number of aromatic carboxylic acids is 1. The van der Waals surface area contributed by atoms with Crippen molar-refractivity contribution in [3.05, 3.63) is 35.4 Å². The van der Waals surface area contributed by atoms with Gasteiger partial charge in [-0.05, 0) is 6.07 Å². The fraction of sp³-hybridized carbons (Fsp3) is 0. The second-order valence-electron chi connectivity index (χ2n) is 3.07. The molecule has 0 saturated carbocycles. The zero-order valence-electron chi connectivity index (χ0n) is 7.93. The van der Waals surface area contributed by atoms with Crippen molar-refractivity contribution in [2.45, 2.75) is 0 Å². The zero-order valence-corrected chi connectivity index (χ0v) is 8.75. The smallest absolute Gasteiger partial charge is 0.336 e. The molecule has 0 atom stereocenters. The largest absolute Gasteiger partial charge is 0.478 e. The van der Waals surface area contributed by atoms with Crippen molar-refractivity contribution >= 4 is 34.9 Å². The number of carbonyl (C=O) groups excluding carboxylic acids is 1. The Bertz CT molecular complexity index is 537. The number of nitrogens with zero attached hydrogens (tertiary/aromatic N) is 1. The Morgan fingerprint density at radius 1 is 1.38 bits per heavy atom. The molecule has 1 amide bonds. The first kappa shape index (κ1) is 10.4. The SMILES string of the molecule is O=C1NC(c2ccccc2C(=O)O)=NC1=S. The van der Waals surface area contributed by atoms with Crippen molar-refractivity contribution < 1.29 is 14.7 Å². The average Bonchev–Trinajstić information content (AvgIpc) is 2.59. The fourth-order valence-electron chi connectivity index (χ4n) is 1.34. The summed E-state index contributed by atoms with van der Waals surface area (Å²) in [6, 6.07) is 6.27. The molecule has 0 aliphatic carbocycles. The van der Waals surface area contributed by atoms with Crippen LogP contribution >= 0.6 is 12.2 Å². The highest BCUT2D eigenvalue weighted by Crippen LogP contribution is 2.11. The number of hydrogen-bond acceptors (Lipinski definition) is 3. The van der Waals surface area contributed by atoms with Gasteiger partial charge < -0.3 is 10.4 Å². The van der Waals surface area contributed by atoms with Gasteiger partial charge in [0.15, 0.2) is 4.99 Å². The van der Waals surface area contributed by atoms with Gasteiger partial charge >= 0.3 is 5.97 Å². The van der Waals surface area contributed by atoms with Gasteiger partial charge in [-0.2, -0.15) is 0 Å². The van der Waals surface area contributed by atoms with Crippen LogP contribution in [0.3, 0.4) is 0 Å². The van der Waals surface area contributed by atoms with Crippen LogP contribution in [0.25, 0.3) is 0 Å². The predicted octanol–water partition coefficient (Wildman–Crippen LogP) is 0.589. The summed E-state index contributed by atoms with van der Waals surface area (Å²) >= 11 is 4.68. The van der Waals surface area contributed by atoms with Gasteiger partial charge in [0.2, 0.25) is 0 Å². The van der Waals surface area contributed by atoms with E-state index >= 15 is 0 Å². The number of carboxylic acid groups (broad SMARTS) is 1. The first-order valence-electron chi connectivity index (χ1n) is 4.36. The topological polar surface area (TPSA) is 78.8 Å². The molecule has 1 aromatic rings. The van der Waals surface area contributed by atoms with E-state index < -0.39 is 11.9 Å². The van der Waals surface area contributed by atoms with Crippen LogP contribution in [0.1, 0.15) is 15.9 Å². The van der Waals surface area contributed by atoms with Gasteiger partial charge in [0.1, 0.15) is 5.84 Å². The lowest BCUT2D eigenvalue weighted by atomic mass is 10.1. The van der Waals surface area contributed by atoms with Crippen molar-refractivity contribution in [3.8, 4) is 0 Å². The number of carbonyl (C=O) groups is 2. The number of nitrogens with one attached hydrogen (secondary N) is 1. The molecule has 0 unspecified atom stereocenters. The number of carboxylic acids is 1. The van der Waals surface area contributed by atoms with Crippen molar-refractivity contribution in [2.24, 2.45) is 4.99 Å². The van der Waals surface area contributed by atoms with Gasteiger partial charge in [-0.3, -0.25) is 4.79 Å². The van der Waals surface area contributed by atoms with Crippen LogP contribution in [-0.4, -0.2) is 27.8 Å². The molecular weight excluding hydrogens is 228 g/mol. The summed E-state index contributed by atoms with van der Waals surface area (Å²) in [4.78, 5) is 25.8. The maximum absolute atomic E-state index is 11.1. The van der Waals surface area contributed by atoms with Gasteiger partial charge in [-0.15, -0.1) is 0 Å². The van der Waals surface area contributed by atoms with Gasteiger partial charge in [0.25, 0.3) is 5.91 Å². The molecule has 1 aliphatic rings. The molecular formula is C10H6N2O3S. The van der Waals surface area contributed by atoms with Crippen molar-refractivity contribution in [3.63, 3.8) is 0 Å². The molecule has 80 valence electrons. The first-order chi connectivity index (χ1) is 7.59. The number of amidine groups is 1. The highest BCUT2D eigenvalue weighted by atomic mass is 32.1. The molecule has 5 nitrogen and oxygen atoms in total. The highest BCUT2D eigenvalue weighted by molar-refractivity contribution is 7.82. The third-order valence-electron chi connectivity index (χ3n) is 2.05. The maximum atomic E-state index is 11.1. The molecule has 0 radical (unpaired) electrons. The maximum Gasteiger partial charge on any atom is 0.336 e. The lowest BCUT2D eigenvalue weighted by Crippen LogP contribution is -2.27. The lowest BCUT2D eigenvalue weighted by Gasteiger charge is -2.04. The molecule has 1 aliphatic heterocycles. The summed E-state index contributed by atoms with van der Waals surface area (Å²) in [5, 5.41) is 11.4. The molecule has 0 saturated heterocycles. The zero-order chi connectivity index (χ0) is 11.7. The minimum Gasteiger partial charge on any atom is -0.478 e. The van der Waals surface area contributed by atoms with Crippen LogP contribution in [-0.2, 0) is 4.79 Å². The van der Waals surface area contributed by atoms with Crippen molar-refractivity contribution in [1.29, 1.82) is 0 Å². The normalized spacial score (nSPS) is 14.6. The minimum atomic E-state index is -1.08. The highest BCUT2D eigenvalue weighted by Gasteiger charge is 2.23. The number of benzene rings is 1. The summed E-state index contributed by atoms with van der Waals surface area (Å²) in [6.07, 6.45) is 0. The third-order valence-corrected chi connectivity index (χ3v) is 2.33. The van der Waals surface area contributed by atoms with Crippen LogP contribution < -0.4 is 5.32 Å². The van der Waals surface area contributed by atoms with Crippen LogP contribution in [0.15, 0.2) is 29.3 Å². The van der Waals surface area contributed by atoms with Gasteiger partial charge in [-0.25, -0.2) is 9.79 Å². The van der Waals surface area contributed by atoms with Crippen molar-refractivity contribution in [1.82, 2.24) is 5.32 Å². The molecule has 1 aromatic carbocycles. The Kier molecular flexibility index (Phi) is 2.49. The van der Waals surface area contributed by atoms with Gasteiger partial charge in [-0.1, -0.05) is 30.4 Å². The van der Waals surface area contributed by atoms with Crippen LogP contribution in [0, 0.1) is 0 Å². The van der Waals surface area contributed by atoms with E-state index in [2.05, 4.69) is 22.5 Å². The second-order valence-corrected chi connectivity index (χ2v) is 3.46. The van der Waals surface area contributed by atoms with Crippen LogP contribution in [0.5, 0.6) is 0 Å². The van der Waals surface area contributed by atoms with Crippen LogP contribution in [0.4, 0.5) is 0 Å². The summed E-state index contributed by atoms with van der Waals surface area (Å²) in [6.45, 7) is 0. The summed E-state index contributed by atoms with van der Waals surface area (Å²) < 4.78 is 0. The molecule has 2 rings (SSSR count). The standard InChI is InChI=1S/C10H6N2O3S/c13-8-9(16)12-7(11-8)5-3-1-2-4-6(5)10(14)15/h1-4H,(H,14,15)(H,11,12,13,16). The Morgan fingerprint density at radius 3 is 2.62 bits per heavy atom. The Morgan fingerprint density at radius 2 is 2.06 bits per heavy atom. The monoisotopic (exact) mass is 234 g/mol. The van der Waals surface area contributed by atoms with Crippen LogP contribution in [0.2, 0.25) is 0 Å². The molecule has 16 heavy (non-hydrogen) atoms. The van der Waals surface area contributed by atoms with E-state index in [4.69, 9.17) is 5.11 Å². The molecule has 0 bridgehead atoms. The van der Waals surface area contributed by atoms with E-state index in [-0.39, 0.29) is 16.4 Å². The van der Waals surface area contributed by atoms with Gasteiger partial charge in [0, 0.05) is 5.56 Å². The van der Waals surface area contributed by atoms with E-state index in [1.807, 2.05) is 0 Å². The Hall–Kier alpha value is -2.08. The second kappa shape index (κ2) is 3.82. The summed E-state index contributed by atoms with van der Waals surface area (Å²) in [5.41, 5.74) is 0.425. The Labute approximate surface area is 95.8 Å².